The van der Waals surface area contributed by atoms with Gasteiger partial charge in [-0.3, -0.25) is 4.79 Å². The molecule has 0 spiro atoms. The molecule has 1 atom stereocenters. The van der Waals surface area contributed by atoms with E-state index in [1.165, 1.54) is 28.2 Å². The summed E-state index contributed by atoms with van der Waals surface area (Å²) in [4.78, 5) is 23.0. The third kappa shape index (κ3) is 4.37. The fraction of sp³-hybridized carbons (Fsp3) is 0.600. The molecule has 0 aliphatic carbocycles. The van der Waals surface area contributed by atoms with Gasteiger partial charge >= 0.3 is 0 Å². The number of thiophene rings is 1. The maximum Gasteiger partial charge on any atom is 0.255 e. The summed E-state index contributed by atoms with van der Waals surface area (Å²) in [7, 11) is 1.66. The van der Waals surface area contributed by atoms with E-state index in [9.17, 15) is 4.79 Å². The van der Waals surface area contributed by atoms with Crippen molar-refractivity contribution in [3.63, 3.8) is 0 Å². The number of methoxy groups -OCH3 is 1. The number of pyridine rings is 1. The molecule has 2 aromatic heterocycles. The van der Waals surface area contributed by atoms with Crippen LogP contribution in [0.2, 0.25) is 0 Å². The second kappa shape index (κ2) is 9.29. The van der Waals surface area contributed by atoms with E-state index < -0.39 is 0 Å². The van der Waals surface area contributed by atoms with Gasteiger partial charge in [0.05, 0.1) is 19.2 Å². The Hall–Kier alpha value is -1.92. The predicted octanol–water partition coefficient (Wildman–Crippen LogP) is 4.77. The lowest BCUT2D eigenvalue weighted by molar-refractivity contribution is 0.0746. The van der Waals surface area contributed by atoms with Gasteiger partial charge < -0.3 is 15.0 Å². The number of piperidine rings is 1. The highest BCUT2D eigenvalue weighted by Gasteiger charge is 2.32. The molecule has 5 nitrogen and oxygen atoms in total. The van der Waals surface area contributed by atoms with Crippen molar-refractivity contribution in [1.29, 1.82) is 0 Å². The lowest BCUT2D eigenvalue weighted by Crippen LogP contribution is -2.31. The van der Waals surface area contributed by atoms with Gasteiger partial charge in [-0.05, 0) is 88.6 Å². The number of amides is 1. The van der Waals surface area contributed by atoms with Gasteiger partial charge in [-0.1, -0.05) is 6.92 Å². The highest BCUT2D eigenvalue weighted by Crippen LogP contribution is 2.41. The fourth-order valence-corrected chi connectivity index (χ4v) is 6.75. The van der Waals surface area contributed by atoms with Gasteiger partial charge in [-0.25, -0.2) is 4.98 Å². The number of fused-ring (bicyclic) bond motifs is 1. The minimum absolute atomic E-state index is 0.173. The summed E-state index contributed by atoms with van der Waals surface area (Å²) in [5.74, 6) is 2.03. The van der Waals surface area contributed by atoms with Gasteiger partial charge in [0, 0.05) is 27.6 Å². The summed E-state index contributed by atoms with van der Waals surface area (Å²) < 4.78 is 5.56. The quantitative estimate of drug-likeness (QED) is 0.726. The maximum atomic E-state index is 13.7. The molecule has 0 saturated carbocycles. The third-order valence-corrected chi connectivity index (χ3v) is 8.63. The second-order valence-electron chi connectivity index (χ2n) is 9.16. The summed E-state index contributed by atoms with van der Waals surface area (Å²) >= 11 is 1.90. The molecule has 2 aliphatic rings. The molecular formula is C25H35N3O2S. The molecule has 1 saturated heterocycles. The van der Waals surface area contributed by atoms with Crippen LogP contribution in [0, 0.1) is 26.7 Å². The second-order valence-corrected chi connectivity index (χ2v) is 10.3. The number of nitrogens with zero attached hydrogens (tertiary/aromatic N) is 2. The summed E-state index contributed by atoms with van der Waals surface area (Å²) in [5.41, 5.74) is 5.27. The first-order valence-electron chi connectivity index (χ1n) is 11.5. The van der Waals surface area contributed by atoms with Crippen LogP contribution in [0.5, 0.6) is 5.88 Å². The molecule has 6 heteroatoms. The van der Waals surface area contributed by atoms with Gasteiger partial charge in [0.15, 0.2) is 0 Å². The first-order valence-corrected chi connectivity index (χ1v) is 12.4. The lowest BCUT2D eigenvalue weighted by atomic mass is 9.83. The molecular weight excluding hydrogens is 406 g/mol. The van der Waals surface area contributed by atoms with Gasteiger partial charge in [-0.15, -0.1) is 11.3 Å². The van der Waals surface area contributed by atoms with Crippen molar-refractivity contribution in [3.8, 4) is 5.88 Å². The highest BCUT2D eigenvalue weighted by molar-refractivity contribution is 7.12. The molecule has 168 valence electrons. The molecule has 0 radical (unpaired) electrons. The van der Waals surface area contributed by atoms with Crippen molar-refractivity contribution < 1.29 is 9.53 Å². The summed E-state index contributed by atoms with van der Waals surface area (Å²) in [6.45, 7) is 12.1. The molecule has 4 heterocycles. The number of aromatic nitrogens is 1. The van der Waals surface area contributed by atoms with Crippen LogP contribution in [-0.4, -0.2) is 42.5 Å². The molecule has 0 bridgehead atoms. The van der Waals surface area contributed by atoms with Crippen LogP contribution in [0.25, 0.3) is 0 Å². The Morgan fingerprint density at radius 1 is 1.29 bits per heavy atom. The molecule has 4 rings (SSSR count). The first kappa shape index (κ1) is 22.3. The smallest absolute Gasteiger partial charge is 0.255 e. The Bertz CT molecular complexity index is 962. The van der Waals surface area contributed by atoms with Crippen molar-refractivity contribution in [2.24, 2.45) is 5.92 Å². The van der Waals surface area contributed by atoms with Crippen molar-refractivity contribution in [2.45, 2.75) is 65.8 Å². The molecule has 31 heavy (non-hydrogen) atoms. The number of ether oxygens (including phenoxy) is 1. The van der Waals surface area contributed by atoms with Crippen LogP contribution in [0.15, 0.2) is 6.07 Å². The zero-order chi connectivity index (χ0) is 22.1. The van der Waals surface area contributed by atoms with E-state index in [4.69, 9.17) is 4.74 Å². The summed E-state index contributed by atoms with van der Waals surface area (Å²) in [5, 5.41) is 3.47. The molecule has 2 aromatic rings. The van der Waals surface area contributed by atoms with Gasteiger partial charge in [0.1, 0.15) is 0 Å². The minimum atomic E-state index is 0.173. The molecule has 0 aromatic carbocycles. The van der Waals surface area contributed by atoms with E-state index in [0.29, 0.717) is 24.3 Å². The largest absolute Gasteiger partial charge is 0.481 e. The number of rotatable bonds is 5. The number of nitrogens with one attached hydrogen (secondary N) is 1. The van der Waals surface area contributed by atoms with E-state index in [2.05, 4.69) is 37.1 Å². The SMILES string of the molecule is COc1nc(C)cc(C)c1CN1CCCc2sc(C(C)C3CCNCC3)c(C)c2C1=O. The average molecular weight is 442 g/mol. The van der Waals surface area contributed by atoms with E-state index in [1.54, 1.807) is 7.11 Å². The van der Waals surface area contributed by atoms with Crippen molar-refractivity contribution in [2.75, 3.05) is 26.7 Å². The van der Waals surface area contributed by atoms with E-state index in [-0.39, 0.29) is 5.91 Å². The Labute approximate surface area is 190 Å². The summed E-state index contributed by atoms with van der Waals surface area (Å²) in [6, 6.07) is 2.07. The molecule has 1 fully saturated rings. The van der Waals surface area contributed by atoms with Crippen LogP contribution in [0.1, 0.15) is 74.6 Å². The lowest BCUT2D eigenvalue weighted by Gasteiger charge is -2.28. The topological polar surface area (TPSA) is 54.5 Å². The van der Waals surface area contributed by atoms with Crippen molar-refractivity contribution in [3.05, 3.63) is 43.8 Å². The standard InChI is InChI=1S/C25H35N3O2S/c1-15-13-16(2)27-24(30-5)20(15)14-28-12-6-7-21-22(25(28)29)18(4)23(31-21)17(3)19-8-10-26-11-9-19/h13,17,19,26H,6-12,14H2,1-5H3. The number of hydrogen-bond donors (Lipinski definition) is 1. The normalized spacial score (nSPS) is 18.6. The predicted molar refractivity (Wildman–Crippen MR) is 126 cm³/mol. The summed E-state index contributed by atoms with van der Waals surface area (Å²) in [6.07, 6.45) is 4.44. The fourth-order valence-electron chi connectivity index (χ4n) is 5.26. The van der Waals surface area contributed by atoms with Crippen LogP contribution in [0.3, 0.4) is 0 Å². The minimum Gasteiger partial charge on any atom is -0.481 e. The Morgan fingerprint density at radius 2 is 2.03 bits per heavy atom. The van der Waals surface area contributed by atoms with Crippen molar-refractivity contribution >= 4 is 17.2 Å². The third-order valence-electron chi connectivity index (χ3n) is 7.07. The Balaban J connectivity index is 1.63. The molecule has 1 unspecified atom stereocenters. The number of aryl methyl sites for hydroxylation is 3. The van der Waals surface area contributed by atoms with Crippen LogP contribution in [0.4, 0.5) is 0 Å². The average Bonchev–Trinajstić information content (AvgIpc) is 3.00. The molecule has 2 aliphatic heterocycles. The zero-order valence-corrected chi connectivity index (χ0v) is 20.3. The maximum absolute atomic E-state index is 13.7. The van der Waals surface area contributed by atoms with Crippen LogP contribution < -0.4 is 10.1 Å². The van der Waals surface area contributed by atoms with Gasteiger partial charge in [-0.2, -0.15) is 0 Å². The Kier molecular flexibility index (Phi) is 6.68. The molecule has 1 amide bonds. The van der Waals surface area contributed by atoms with Crippen LogP contribution >= 0.6 is 11.3 Å². The number of carbonyl (C=O) groups is 1. The van der Waals surface area contributed by atoms with E-state index in [1.807, 2.05) is 23.2 Å². The van der Waals surface area contributed by atoms with Crippen LogP contribution in [-0.2, 0) is 13.0 Å². The number of carbonyl (C=O) groups excluding carboxylic acids is 1. The van der Waals surface area contributed by atoms with Gasteiger partial charge in [0.2, 0.25) is 5.88 Å². The van der Waals surface area contributed by atoms with E-state index >= 15 is 0 Å². The highest BCUT2D eigenvalue weighted by atomic mass is 32.1. The monoisotopic (exact) mass is 441 g/mol. The van der Waals surface area contributed by atoms with Crippen molar-refractivity contribution in [1.82, 2.24) is 15.2 Å². The van der Waals surface area contributed by atoms with Gasteiger partial charge in [0.25, 0.3) is 5.91 Å². The Morgan fingerprint density at radius 3 is 2.74 bits per heavy atom. The molecule has 1 N–H and O–H groups in total. The first-order chi connectivity index (χ1) is 14.9. The van der Waals surface area contributed by atoms with E-state index in [0.717, 1.165) is 54.9 Å². The number of hydrogen-bond acceptors (Lipinski definition) is 5. The zero-order valence-electron chi connectivity index (χ0n) is 19.5.